The number of likely N-dealkylation sites (N-methyl/N-ethyl adjacent to an activating group) is 1. The molecule has 3 N–H and O–H groups in total. The van der Waals surface area contributed by atoms with Gasteiger partial charge in [-0.2, -0.15) is 0 Å². The Morgan fingerprint density at radius 3 is 2.63 bits per heavy atom. The maximum atomic E-state index is 12.1. The average Bonchev–Trinajstić information content (AvgIpc) is 2.42. The van der Waals surface area contributed by atoms with Gasteiger partial charge in [0.1, 0.15) is 6.04 Å². The van der Waals surface area contributed by atoms with E-state index in [1.165, 1.54) is 0 Å². The molecule has 2 amide bonds. The van der Waals surface area contributed by atoms with Crippen LogP contribution in [0.2, 0.25) is 0 Å². The third-order valence-corrected chi connectivity index (χ3v) is 3.40. The van der Waals surface area contributed by atoms with E-state index in [2.05, 4.69) is 29.8 Å². The number of hydrogen-bond acceptors (Lipinski definition) is 4. The second-order valence-corrected chi connectivity index (χ2v) is 5.39. The first-order chi connectivity index (χ1) is 8.97. The number of piperazine rings is 1. The minimum atomic E-state index is -0.289. The maximum absolute atomic E-state index is 12.1. The molecule has 1 rings (SSSR count). The van der Waals surface area contributed by atoms with Gasteiger partial charge in [-0.15, -0.1) is 0 Å². The van der Waals surface area contributed by atoms with Crippen molar-refractivity contribution in [2.45, 2.75) is 32.9 Å². The number of nitrogens with zero attached hydrogens (tertiary/aromatic N) is 1. The quantitative estimate of drug-likeness (QED) is 0.609. The van der Waals surface area contributed by atoms with E-state index in [1.54, 1.807) is 7.05 Å². The van der Waals surface area contributed by atoms with Gasteiger partial charge in [0.2, 0.25) is 11.8 Å². The molecular weight excluding hydrogens is 244 g/mol. The van der Waals surface area contributed by atoms with Crippen molar-refractivity contribution in [3.8, 4) is 0 Å². The Balaban J connectivity index is 2.63. The van der Waals surface area contributed by atoms with Crippen LogP contribution in [0.5, 0.6) is 0 Å². The fourth-order valence-corrected chi connectivity index (χ4v) is 2.20. The third-order valence-electron chi connectivity index (χ3n) is 3.40. The predicted molar refractivity (Wildman–Crippen MR) is 74.7 cm³/mol. The van der Waals surface area contributed by atoms with Crippen molar-refractivity contribution in [3.63, 3.8) is 0 Å². The van der Waals surface area contributed by atoms with Crippen LogP contribution in [0.25, 0.3) is 0 Å². The Morgan fingerprint density at radius 1 is 1.37 bits per heavy atom. The maximum Gasteiger partial charge on any atom is 0.238 e. The van der Waals surface area contributed by atoms with E-state index in [9.17, 15) is 9.59 Å². The molecule has 6 heteroatoms. The van der Waals surface area contributed by atoms with Crippen molar-refractivity contribution in [2.24, 2.45) is 5.92 Å². The molecule has 1 heterocycles. The van der Waals surface area contributed by atoms with E-state index in [4.69, 9.17) is 0 Å². The summed E-state index contributed by atoms with van der Waals surface area (Å²) in [6.45, 7) is 8.73. The number of carbonyl (C=O) groups is 2. The fourth-order valence-electron chi connectivity index (χ4n) is 2.20. The van der Waals surface area contributed by atoms with Gasteiger partial charge in [0, 0.05) is 33.2 Å². The highest BCUT2D eigenvalue weighted by Gasteiger charge is 2.33. The van der Waals surface area contributed by atoms with Gasteiger partial charge >= 0.3 is 0 Å². The summed E-state index contributed by atoms with van der Waals surface area (Å²) in [5.74, 6) is 0.370. The lowest BCUT2D eigenvalue weighted by Gasteiger charge is -2.38. The highest BCUT2D eigenvalue weighted by Crippen LogP contribution is 2.09. The normalized spacial score (nSPS) is 22.1. The lowest BCUT2D eigenvalue weighted by Crippen LogP contribution is -2.62. The summed E-state index contributed by atoms with van der Waals surface area (Å²) in [4.78, 5) is 25.9. The average molecular weight is 270 g/mol. The van der Waals surface area contributed by atoms with Crippen LogP contribution in [0.3, 0.4) is 0 Å². The Hall–Kier alpha value is -1.14. The molecule has 0 radical (unpaired) electrons. The molecule has 2 unspecified atom stereocenters. The van der Waals surface area contributed by atoms with Gasteiger partial charge in [-0.05, 0) is 12.8 Å². The molecule has 0 aliphatic carbocycles. The van der Waals surface area contributed by atoms with Gasteiger partial charge in [-0.1, -0.05) is 13.8 Å². The molecule has 1 aliphatic rings. The zero-order valence-corrected chi connectivity index (χ0v) is 12.3. The number of hydrogen-bond donors (Lipinski definition) is 3. The highest BCUT2D eigenvalue weighted by atomic mass is 16.2. The van der Waals surface area contributed by atoms with Crippen molar-refractivity contribution < 1.29 is 9.59 Å². The van der Waals surface area contributed by atoms with Gasteiger partial charge in [0.15, 0.2) is 0 Å². The van der Waals surface area contributed by atoms with E-state index >= 15 is 0 Å². The summed E-state index contributed by atoms with van der Waals surface area (Å²) in [5, 5.41) is 8.77. The SMILES string of the molecule is CNC(=O)C1CNCCN1C(C)C(=O)NCC(C)C. The lowest BCUT2D eigenvalue weighted by molar-refractivity contribution is -0.132. The number of carbonyl (C=O) groups excluding carboxylic acids is 2. The third kappa shape index (κ3) is 4.47. The van der Waals surface area contributed by atoms with Crippen LogP contribution in [0.4, 0.5) is 0 Å². The van der Waals surface area contributed by atoms with E-state index in [1.807, 2.05) is 11.8 Å². The van der Waals surface area contributed by atoms with Gasteiger partial charge in [-0.3, -0.25) is 14.5 Å². The Labute approximate surface area is 115 Å². The topological polar surface area (TPSA) is 73.5 Å². The first kappa shape index (κ1) is 15.9. The molecule has 1 saturated heterocycles. The van der Waals surface area contributed by atoms with E-state index in [-0.39, 0.29) is 23.9 Å². The summed E-state index contributed by atoms with van der Waals surface area (Å²) in [6.07, 6.45) is 0. The first-order valence-electron chi connectivity index (χ1n) is 6.93. The minimum Gasteiger partial charge on any atom is -0.358 e. The summed E-state index contributed by atoms with van der Waals surface area (Å²) >= 11 is 0. The molecule has 6 nitrogen and oxygen atoms in total. The summed E-state index contributed by atoms with van der Waals surface area (Å²) in [5.41, 5.74) is 0. The Bertz CT molecular complexity index is 320. The molecule has 0 spiro atoms. The van der Waals surface area contributed by atoms with Crippen LogP contribution in [0.1, 0.15) is 20.8 Å². The van der Waals surface area contributed by atoms with Crippen molar-refractivity contribution in [1.82, 2.24) is 20.9 Å². The van der Waals surface area contributed by atoms with Crippen molar-refractivity contribution >= 4 is 11.8 Å². The molecule has 0 aromatic rings. The standard InChI is InChI=1S/C13H26N4O2/c1-9(2)7-16-12(18)10(3)17-6-5-15-8-11(17)13(19)14-4/h9-11,15H,5-8H2,1-4H3,(H,14,19)(H,16,18). The second kappa shape index (κ2) is 7.45. The monoisotopic (exact) mass is 270 g/mol. The Morgan fingerprint density at radius 2 is 2.05 bits per heavy atom. The molecule has 19 heavy (non-hydrogen) atoms. The van der Waals surface area contributed by atoms with Crippen LogP contribution in [-0.4, -0.2) is 62.0 Å². The molecule has 1 aliphatic heterocycles. The van der Waals surface area contributed by atoms with Crippen LogP contribution in [0.15, 0.2) is 0 Å². The fraction of sp³-hybridized carbons (Fsp3) is 0.846. The number of rotatable bonds is 5. The molecular formula is C13H26N4O2. The smallest absolute Gasteiger partial charge is 0.238 e. The van der Waals surface area contributed by atoms with Gasteiger partial charge < -0.3 is 16.0 Å². The number of nitrogens with one attached hydrogen (secondary N) is 3. The molecule has 0 saturated carbocycles. The molecule has 0 bridgehead atoms. The predicted octanol–water partition coefficient (Wildman–Crippen LogP) is -0.833. The second-order valence-electron chi connectivity index (χ2n) is 5.39. The van der Waals surface area contributed by atoms with Gasteiger partial charge in [0.25, 0.3) is 0 Å². The lowest BCUT2D eigenvalue weighted by atomic mass is 10.1. The minimum absolute atomic E-state index is 0.00972. The molecule has 110 valence electrons. The van der Waals surface area contributed by atoms with E-state index < -0.39 is 0 Å². The highest BCUT2D eigenvalue weighted by molar-refractivity contribution is 5.85. The van der Waals surface area contributed by atoms with E-state index in [0.29, 0.717) is 25.6 Å². The van der Waals surface area contributed by atoms with Crippen LogP contribution >= 0.6 is 0 Å². The van der Waals surface area contributed by atoms with Gasteiger partial charge in [-0.25, -0.2) is 0 Å². The molecule has 0 aromatic heterocycles. The van der Waals surface area contributed by atoms with Crippen LogP contribution < -0.4 is 16.0 Å². The zero-order valence-electron chi connectivity index (χ0n) is 12.3. The molecule has 0 aromatic carbocycles. The van der Waals surface area contributed by atoms with Crippen LogP contribution in [-0.2, 0) is 9.59 Å². The van der Waals surface area contributed by atoms with Gasteiger partial charge in [0.05, 0.1) is 6.04 Å². The van der Waals surface area contributed by atoms with Crippen molar-refractivity contribution in [1.29, 1.82) is 0 Å². The molecule has 2 atom stereocenters. The first-order valence-corrected chi connectivity index (χ1v) is 6.93. The van der Waals surface area contributed by atoms with Crippen molar-refractivity contribution in [2.75, 3.05) is 33.2 Å². The summed E-state index contributed by atoms with van der Waals surface area (Å²) < 4.78 is 0. The van der Waals surface area contributed by atoms with Crippen molar-refractivity contribution in [3.05, 3.63) is 0 Å². The Kier molecular flexibility index (Phi) is 6.24. The van der Waals surface area contributed by atoms with Crippen LogP contribution in [0, 0.1) is 5.92 Å². The van der Waals surface area contributed by atoms with E-state index in [0.717, 1.165) is 6.54 Å². The summed E-state index contributed by atoms with van der Waals surface area (Å²) in [6, 6.07) is -0.568. The number of amides is 2. The largest absolute Gasteiger partial charge is 0.358 e. The molecule has 1 fully saturated rings. The zero-order chi connectivity index (χ0) is 14.4. The summed E-state index contributed by atoms with van der Waals surface area (Å²) in [7, 11) is 1.62.